The number of nitrogens with zero attached hydrogens (tertiary/aromatic N) is 6. The van der Waals surface area contributed by atoms with Crippen molar-refractivity contribution in [2.45, 2.75) is 39.7 Å². The van der Waals surface area contributed by atoms with Crippen LogP contribution in [0.1, 0.15) is 28.2 Å². The zero-order valence-corrected chi connectivity index (χ0v) is 23.6. The fraction of sp³-hybridized carbons (Fsp3) is 0.333. The van der Waals surface area contributed by atoms with Crippen LogP contribution in [0.5, 0.6) is 0 Å². The molecule has 0 aliphatic carbocycles. The Hall–Kier alpha value is -3.08. The molecule has 11 heteroatoms. The molecule has 1 amide bonds. The molecule has 1 aliphatic rings. The van der Waals surface area contributed by atoms with Crippen LogP contribution in [0.4, 0.5) is 4.39 Å². The Morgan fingerprint density at radius 3 is 2.82 bits per heavy atom. The second-order valence-corrected chi connectivity index (χ2v) is 10.7. The van der Waals surface area contributed by atoms with Gasteiger partial charge in [0, 0.05) is 40.3 Å². The number of carbonyl (C=O) groups excluding carboxylic acids is 1. The maximum atomic E-state index is 14.3. The highest BCUT2D eigenvalue weighted by Crippen LogP contribution is 2.25. The van der Waals surface area contributed by atoms with Crippen LogP contribution in [0.3, 0.4) is 0 Å². The van der Waals surface area contributed by atoms with Gasteiger partial charge >= 0.3 is 0 Å². The predicted molar refractivity (Wildman–Crippen MR) is 146 cm³/mol. The predicted octanol–water partition coefficient (Wildman–Crippen LogP) is 4.95. The number of halogens is 3. The average molecular weight is 602 g/mol. The largest absolute Gasteiger partial charge is 0.374 e. The van der Waals surface area contributed by atoms with Crippen molar-refractivity contribution in [2.24, 2.45) is 0 Å². The van der Waals surface area contributed by atoms with E-state index in [4.69, 9.17) is 16.3 Å². The summed E-state index contributed by atoms with van der Waals surface area (Å²) in [6.07, 6.45) is 2.16. The molecule has 1 aliphatic heterocycles. The third-order valence-corrected chi connectivity index (χ3v) is 7.85. The van der Waals surface area contributed by atoms with Crippen LogP contribution in [0, 0.1) is 26.6 Å². The first-order valence-corrected chi connectivity index (χ1v) is 13.4. The van der Waals surface area contributed by atoms with Crippen molar-refractivity contribution in [3.63, 3.8) is 0 Å². The van der Waals surface area contributed by atoms with E-state index < -0.39 is 5.82 Å². The molecule has 8 nitrogen and oxygen atoms in total. The number of rotatable bonds is 6. The number of amides is 1. The lowest BCUT2D eigenvalue weighted by atomic mass is 10.1. The first-order chi connectivity index (χ1) is 18.2. The molecule has 38 heavy (non-hydrogen) atoms. The number of hydrogen-bond acceptors (Lipinski definition) is 5. The quantitative estimate of drug-likeness (QED) is 0.313. The molecule has 0 N–H and O–H groups in total. The highest BCUT2D eigenvalue weighted by molar-refractivity contribution is 9.10. The van der Waals surface area contributed by atoms with Gasteiger partial charge in [0.15, 0.2) is 0 Å². The molecule has 198 valence electrons. The van der Waals surface area contributed by atoms with E-state index in [0.717, 1.165) is 28.2 Å². The Morgan fingerprint density at radius 2 is 2.05 bits per heavy atom. The lowest BCUT2D eigenvalue weighted by molar-refractivity contribution is -0.138. The van der Waals surface area contributed by atoms with Gasteiger partial charge in [-0.1, -0.05) is 28.9 Å². The molecule has 0 radical (unpaired) electrons. The number of hydrogen-bond donors (Lipinski definition) is 0. The molecule has 2 aromatic heterocycles. The lowest BCUT2D eigenvalue weighted by Crippen LogP contribution is -2.47. The van der Waals surface area contributed by atoms with Crippen LogP contribution in [-0.2, 0) is 22.4 Å². The zero-order valence-electron chi connectivity index (χ0n) is 21.3. The lowest BCUT2D eigenvalue weighted by Gasteiger charge is -2.32. The van der Waals surface area contributed by atoms with Crippen molar-refractivity contribution in [1.29, 1.82) is 0 Å². The zero-order chi connectivity index (χ0) is 27.0. The monoisotopic (exact) mass is 600 g/mol. The maximum absolute atomic E-state index is 14.3. The molecule has 1 atom stereocenters. The minimum Gasteiger partial charge on any atom is -0.374 e. The van der Waals surface area contributed by atoms with Crippen molar-refractivity contribution in [2.75, 3.05) is 19.7 Å². The second kappa shape index (κ2) is 11.0. The maximum Gasteiger partial charge on any atom is 0.227 e. The Labute approximate surface area is 233 Å². The van der Waals surface area contributed by atoms with Crippen LogP contribution in [-0.4, -0.2) is 61.4 Å². The molecule has 1 unspecified atom stereocenters. The fourth-order valence-corrected chi connectivity index (χ4v) is 5.37. The van der Waals surface area contributed by atoms with Gasteiger partial charge in [-0.05, 0) is 66.5 Å². The van der Waals surface area contributed by atoms with Crippen molar-refractivity contribution in [3.8, 4) is 11.4 Å². The van der Waals surface area contributed by atoms with E-state index in [1.807, 2.05) is 48.6 Å². The summed E-state index contributed by atoms with van der Waals surface area (Å²) in [6, 6.07) is 10.6. The van der Waals surface area contributed by atoms with Gasteiger partial charge in [0.1, 0.15) is 11.5 Å². The van der Waals surface area contributed by atoms with Gasteiger partial charge in [-0.15, -0.1) is 5.10 Å². The van der Waals surface area contributed by atoms with Crippen molar-refractivity contribution in [3.05, 3.63) is 86.1 Å². The summed E-state index contributed by atoms with van der Waals surface area (Å²) < 4.78 is 24.1. The van der Waals surface area contributed by atoms with Gasteiger partial charge in [0.05, 0.1) is 42.4 Å². The average Bonchev–Trinajstić information content (AvgIpc) is 3.45. The fourth-order valence-electron chi connectivity index (χ4n) is 4.67. The smallest absolute Gasteiger partial charge is 0.227 e. The number of para-hydroxylation sites is 1. The minimum atomic E-state index is -0.402. The van der Waals surface area contributed by atoms with E-state index in [9.17, 15) is 9.18 Å². The van der Waals surface area contributed by atoms with Crippen LogP contribution in [0.15, 0.2) is 47.1 Å². The van der Waals surface area contributed by atoms with Crippen LogP contribution in [0.2, 0.25) is 5.02 Å². The molecular weight excluding hydrogens is 575 g/mol. The van der Waals surface area contributed by atoms with Crippen LogP contribution >= 0.6 is 27.5 Å². The van der Waals surface area contributed by atoms with Gasteiger partial charge in [-0.3, -0.25) is 4.79 Å². The molecule has 3 heterocycles. The third kappa shape index (κ3) is 5.39. The highest BCUT2D eigenvalue weighted by Gasteiger charge is 2.27. The van der Waals surface area contributed by atoms with Crippen molar-refractivity contribution >= 4 is 33.4 Å². The number of aryl methyl sites for hydroxylation is 2. The molecule has 4 aromatic rings. The van der Waals surface area contributed by atoms with Gasteiger partial charge in [0.25, 0.3) is 0 Å². The molecule has 1 fully saturated rings. The van der Waals surface area contributed by atoms with Gasteiger partial charge in [-0.25, -0.2) is 13.8 Å². The molecule has 0 spiro atoms. The van der Waals surface area contributed by atoms with E-state index in [1.165, 1.54) is 10.7 Å². The summed E-state index contributed by atoms with van der Waals surface area (Å²) in [5.41, 5.74) is 5.45. The molecule has 0 bridgehead atoms. The van der Waals surface area contributed by atoms with Crippen molar-refractivity contribution in [1.82, 2.24) is 29.7 Å². The Bertz CT molecular complexity index is 1480. The van der Waals surface area contributed by atoms with Crippen LogP contribution < -0.4 is 0 Å². The topological polar surface area (TPSA) is 78.1 Å². The normalized spacial score (nSPS) is 15.7. The highest BCUT2D eigenvalue weighted by atomic mass is 79.9. The summed E-state index contributed by atoms with van der Waals surface area (Å²) in [7, 11) is 0. The Kier molecular flexibility index (Phi) is 7.65. The van der Waals surface area contributed by atoms with Gasteiger partial charge in [-0.2, -0.15) is 5.10 Å². The standard InChI is InChI=1S/C27H27BrClFN6O2/c1-16-7-8-20(12-24(16)29)36-18(3)22(17(2)32-36)13-26(37)34-9-10-38-21(15-34)11-19-14-35(33-31-19)27-23(28)5-4-6-25(27)30/h4-8,12,14,21H,9-11,13,15H2,1-3H3. The van der Waals surface area contributed by atoms with E-state index >= 15 is 0 Å². The van der Waals surface area contributed by atoms with Gasteiger partial charge in [0.2, 0.25) is 5.91 Å². The third-order valence-electron chi connectivity index (χ3n) is 6.80. The van der Waals surface area contributed by atoms with E-state index in [2.05, 4.69) is 31.3 Å². The number of morpholine rings is 1. The summed E-state index contributed by atoms with van der Waals surface area (Å²) in [6.45, 7) is 7.23. The first-order valence-electron chi connectivity index (χ1n) is 12.3. The molecule has 0 saturated carbocycles. The summed E-state index contributed by atoms with van der Waals surface area (Å²) in [5.74, 6) is -0.383. The molecule has 2 aromatic carbocycles. The van der Waals surface area contributed by atoms with Crippen molar-refractivity contribution < 1.29 is 13.9 Å². The van der Waals surface area contributed by atoms with E-state index in [0.29, 0.717) is 47.0 Å². The summed E-state index contributed by atoms with van der Waals surface area (Å²) in [4.78, 5) is 15.1. The summed E-state index contributed by atoms with van der Waals surface area (Å²) in [5, 5.41) is 13.6. The number of ether oxygens (including phenoxy) is 1. The first kappa shape index (κ1) is 26.5. The Morgan fingerprint density at radius 1 is 1.24 bits per heavy atom. The number of benzene rings is 2. The van der Waals surface area contributed by atoms with Crippen LogP contribution in [0.25, 0.3) is 11.4 Å². The SMILES string of the molecule is Cc1ccc(-n2nc(C)c(CC(=O)N3CCOC(Cc4cn(-c5c(F)cccc5Br)nn4)C3)c2C)cc1Cl. The molecular formula is C27H27BrClFN6O2. The van der Waals surface area contributed by atoms with Gasteiger partial charge < -0.3 is 9.64 Å². The Balaban J connectivity index is 1.26. The molecule has 1 saturated heterocycles. The number of aromatic nitrogens is 5. The molecule has 5 rings (SSSR count). The number of carbonyl (C=O) groups is 1. The van der Waals surface area contributed by atoms with E-state index in [-0.39, 0.29) is 18.4 Å². The van der Waals surface area contributed by atoms with E-state index in [1.54, 1.807) is 18.3 Å². The minimum absolute atomic E-state index is 0.0185. The second-order valence-electron chi connectivity index (χ2n) is 9.43. The summed E-state index contributed by atoms with van der Waals surface area (Å²) >= 11 is 9.69.